The van der Waals surface area contributed by atoms with Crippen LogP contribution in [-0.4, -0.2) is 32.1 Å². The fraction of sp³-hybridized carbons (Fsp3) is 0. The lowest BCUT2D eigenvalue weighted by Crippen LogP contribution is -1.99. The van der Waals surface area contributed by atoms with Crippen molar-refractivity contribution >= 4 is 111 Å². The topological polar surface area (TPSA) is 127 Å². The quantitative estimate of drug-likeness (QED) is 0.158. The summed E-state index contributed by atoms with van der Waals surface area (Å²) in [4.78, 5) is 38.1. The number of hydrogen-bond acceptors (Lipinski definition) is 7. The van der Waals surface area contributed by atoms with Gasteiger partial charge < -0.3 is 19.0 Å². The Labute approximate surface area is 371 Å². The maximum Gasteiger partial charge on any atom is 0.336 e. The Kier molecular flexibility index (Phi) is 7.91. The highest BCUT2D eigenvalue weighted by Gasteiger charge is 2.26. The zero-order chi connectivity index (χ0) is 43.5. The molecule has 0 saturated heterocycles. The van der Waals surface area contributed by atoms with Gasteiger partial charge in [0.05, 0.1) is 31.9 Å². The van der Waals surface area contributed by atoms with Crippen molar-refractivity contribution in [1.29, 1.82) is 0 Å². The molecule has 0 aliphatic rings. The van der Waals surface area contributed by atoms with Gasteiger partial charge >= 0.3 is 11.9 Å². The van der Waals surface area contributed by atoms with Crippen LogP contribution >= 0.6 is 11.3 Å². The molecule has 0 atom stereocenters. The predicted molar refractivity (Wildman–Crippen MR) is 260 cm³/mol. The predicted octanol–water partition coefficient (Wildman–Crippen LogP) is 15.0. The first kappa shape index (κ1) is 36.9. The van der Waals surface area contributed by atoms with E-state index in [1.54, 1.807) is 35.6 Å². The Morgan fingerprint density at radius 1 is 0.385 bits per heavy atom. The number of carboxylic acid groups (broad SMARTS) is 2. The number of carboxylic acids is 2. The average molecular weight is 859 g/mol. The Morgan fingerprint density at radius 2 is 0.785 bits per heavy atom. The third-order valence-corrected chi connectivity index (χ3v) is 13.8. The molecule has 0 radical (unpaired) electrons. The molecule has 0 spiro atoms. The van der Waals surface area contributed by atoms with Crippen molar-refractivity contribution in [3.05, 3.63) is 181 Å². The molecule has 65 heavy (non-hydrogen) atoms. The zero-order valence-corrected chi connectivity index (χ0v) is 34.8. The molecule has 8 nitrogen and oxygen atoms in total. The van der Waals surface area contributed by atoms with Crippen molar-refractivity contribution < 1.29 is 28.6 Å². The monoisotopic (exact) mass is 858 g/mol. The molecule has 0 aliphatic carbocycles. The van der Waals surface area contributed by atoms with Crippen LogP contribution in [-0.2, 0) is 0 Å². The van der Waals surface area contributed by atoms with Gasteiger partial charge in [0.15, 0.2) is 0 Å². The van der Waals surface area contributed by atoms with E-state index >= 15 is 0 Å². The van der Waals surface area contributed by atoms with E-state index in [1.165, 1.54) is 0 Å². The lowest BCUT2D eigenvalue weighted by atomic mass is 9.91. The van der Waals surface area contributed by atoms with Gasteiger partial charge in [-0.25, -0.2) is 19.6 Å². The van der Waals surface area contributed by atoms with E-state index in [0.29, 0.717) is 33.2 Å². The third kappa shape index (κ3) is 5.49. The number of rotatable bonds is 6. The number of furan rings is 2. The summed E-state index contributed by atoms with van der Waals surface area (Å²) in [5.41, 5.74) is 10.4. The molecule has 4 aromatic heterocycles. The standard InChI is InChI=1S/C56H30N2O6S/c59-55(60)39-15-3-1-11-31(39)29-23-25-33-34-26-24-30(32-12-2-4-16-40(32)56(61)62)28-44(34)48-47(43(33)27-29)57-49-50(58-48)54(42-20-10-18-38-36-14-6-8-22-46(36)64-52(38)42)65-53(49)41-19-9-17-37-35-13-5-7-21-45(35)63-51(37)41/h1-28H,(H,59,60)(H,61,62). The van der Waals surface area contributed by atoms with Gasteiger partial charge in [-0.15, -0.1) is 11.3 Å². The highest BCUT2D eigenvalue weighted by Crippen LogP contribution is 2.50. The van der Waals surface area contributed by atoms with Crippen LogP contribution in [0.4, 0.5) is 0 Å². The first-order valence-corrected chi connectivity index (χ1v) is 21.8. The van der Waals surface area contributed by atoms with Crippen molar-refractivity contribution in [2.24, 2.45) is 0 Å². The van der Waals surface area contributed by atoms with Gasteiger partial charge in [-0.3, -0.25) is 0 Å². The molecule has 0 saturated carbocycles. The van der Waals surface area contributed by atoms with E-state index in [0.717, 1.165) is 97.4 Å². The summed E-state index contributed by atoms with van der Waals surface area (Å²) in [6, 6.07) is 54.4. The highest BCUT2D eigenvalue weighted by molar-refractivity contribution is 7.21. The van der Waals surface area contributed by atoms with Gasteiger partial charge in [-0.1, -0.05) is 121 Å². The number of para-hydroxylation sites is 4. The molecule has 13 rings (SSSR count). The summed E-state index contributed by atoms with van der Waals surface area (Å²) >= 11 is 1.58. The molecule has 9 aromatic carbocycles. The molecule has 0 aliphatic heterocycles. The van der Waals surface area contributed by atoms with Crippen LogP contribution < -0.4 is 0 Å². The largest absolute Gasteiger partial charge is 0.478 e. The molecule has 0 fully saturated rings. The zero-order valence-electron chi connectivity index (χ0n) is 34.0. The van der Waals surface area contributed by atoms with Crippen LogP contribution in [0.1, 0.15) is 20.7 Å². The minimum Gasteiger partial charge on any atom is -0.478 e. The Bertz CT molecular complexity index is 3950. The molecule has 0 bridgehead atoms. The maximum absolute atomic E-state index is 12.5. The van der Waals surface area contributed by atoms with E-state index in [9.17, 15) is 19.8 Å². The van der Waals surface area contributed by atoms with Crippen molar-refractivity contribution in [3.63, 3.8) is 0 Å². The molecule has 306 valence electrons. The normalized spacial score (nSPS) is 11.9. The van der Waals surface area contributed by atoms with Crippen LogP contribution in [0.25, 0.3) is 131 Å². The Balaban J connectivity index is 1.19. The summed E-state index contributed by atoms with van der Waals surface area (Å²) in [5, 5.41) is 27.8. The van der Waals surface area contributed by atoms with E-state index in [-0.39, 0.29) is 11.1 Å². The van der Waals surface area contributed by atoms with E-state index in [1.807, 2.05) is 109 Å². The Morgan fingerprint density at radius 3 is 1.25 bits per heavy atom. The molecular formula is C56H30N2O6S. The number of nitrogens with zero attached hydrogens (tertiary/aromatic N) is 2. The fourth-order valence-electron chi connectivity index (χ4n) is 9.67. The number of aromatic nitrogens is 2. The SMILES string of the molecule is O=C(O)c1ccccc1-c1ccc2c3ccc(-c4ccccc4C(=O)O)cc3c3nc4c(-c5cccc6c5oc5ccccc56)sc(-c5cccc6c5oc5ccccc56)c4nc3c2c1. The fourth-order valence-corrected chi connectivity index (χ4v) is 10.9. The van der Waals surface area contributed by atoms with Crippen molar-refractivity contribution in [3.8, 4) is 43.1 Å². The second kappa shape index (κ2) is 13.9. The number of carbonyl (C=O) groups is 2. The first-order chi connectivity index (χ1) is 31.9. The molecule has 2 N–H and O–H groups in total. The van der Waals surface area contributed by atoms with Crippen molar-refractivity contribution in [2.75, 3.05) is 0 Å². The number of thiophene rings is 1. The minimum atomic E-state index is -1.02. The Hall–Kier alpha value is -8.66. The average Bonchev–Trinajstić information content (AvgIpc) is 4.05. The van der Waals surface area contributed by atoms with Gasteiger partial charge in [-0.05, 0) is 81.6 Å². The second-order valence-electron chi connectivity index (χ2n) is 16.2. The van der Waals surface area contributed by atoms with Gasteiger partial charge in [0.2, 0.25) is 0 Å². The summed E-state index contributed by atoms with van der Waals surface area (Å²) in [6.07, 6.45) is 0. The molecule has 13 aromatic rings. The van der Waals surface area contributed by atoms with E-state index in [4.69, 9.17) is 18.8 Å². The number of benzene rings is 9. The van der Waals surface area contributed by atoms with Gasteiger partial charge in [0, 0.05) is 43.4 Å². The smallest absolute Gasteiger partial charge is 0.336 e. The van der Waals surface area contributed by atoms with E-state index < -0.39 is 11.9 Å². The number of fused-ring (bicyclic) bond motifs is 13. The van der Waals surface area contributed by atoms with Crippen molar-refractivity contribution in [2.45, 2.75) is 0 Å². The lowest BCUT2D eigenvalue weighted by Gasteiger charge is -2.14. The van der Waals surface area contributed by atoms with Gasteiger partial charge in [0.1, 0.15) is 33.4 Å². The molecule has 0 amide bonds. The summed E-state index contributed by atoms with van der Waals surface area (Å²) < 4.78 is 13.3. The molecule has 0 unspecified atom stereocenters. The summed E-state index contributed by atoms with van der Waals surface area (Å²) in [6.45, 7) is 0. The van der Waals surface area contributed by atoms with Gasteiger partial charge in [-0.2, -0.15) is 0 Å². The lowest BCUT2D eigenvalue weighted by molar-refractivity contribution is 0.0687. The van der Waals surface area contributed by atoms with Crippen LogP contribution in [0.3, 0.4) is 0 Å². The second-order valence-corrected chi connectivity index (χ2v) is 17.2. The van der Waals surface area contributed by atoms with E-state index in [2.05, 4.69) is 36.4 Å². The molecule has 4 heterocycles. The molecule has 9 heteroatoms. The third-order valence-electron chi connectivity index (χ3n) is 12.6. The van der Waals surface area contributed by atoms with Crippen LogP contribution in [0.15, 0.2) is 179 Å². The summed E-state index contributed by atoms with van der Waals surface area (Å²) in [7, 11) is 0. The van der Waals surface area contributed by atoms with Crippen LogP contribution in [0.2, 0.25) is 0 Å². The van der Waals surface area contributed by atoms with Crippen LogP contribution in [0.5, 0.6) is 0 Å². The number of hydrogen-bond donors (Lipinski definition) is 2. The highest BCUT2D eigenvalue weighted by atomic mass is 32.1. The van der Waals surface area contributed by atoms with Crippen LogP contribution in [0, 0.1) is 0 Å². The number of aromatic carboxylic acids is 2. The maximum atomic E-state index is 12.5. The minimum absolute atomic E-state index is 0.190. The summed E-state index contributed by atoms with van der Waals surface area (Å²) in [5.74, 6) is -2.04. The first-order valence-electron chi connectivity index (χ1n) is 21.0. The van der Waals surface area contributed by atoms with Gasteiger partial charge in [0.25, 0.3) is 0 Å². The molecular weight excluding hydrogens is 829 g/mol. The van der Waals surface area contributed by atoms with Crippen molar-refractivity contribution in [1.82, 2.24) is 9.97 Å².